The number of pyridine rings is 1. The van der Waals surface area contributed by atoms with Crippen LogP contribution in [0, 0.1) is 11.6 Å². The van der Waals surface area contributed by atoms with Gasteiger partial charge in [0.2, 0.25) is 11.8 Å². The zero-order valence-electron chi connectivity index (χ0n) is 22.3. The molecule has 0 saturated carbocycles. The van der Waals surface area contributed by atoms with E-state index in [0.29, 0.717) is 28.5 Å². The molecule has 0 bridgehead atoms. The van der Waals surface area contributed by atoms with Crippen LogP contribution in [0.2, 0.25) is 0 Å². The molecule has 0 spiro atoms. The van der Waals surface area contributed by atoms with Crippen LogP contribution in [0.4, 0.5) is 14.6 Å². The van der Waals surface area contributed by atoms with Crippen molar-refractivity contribution in [3.63, 3.8) is 0 Å². The van der Waals surface area contributed by atoms with E-state index in [-0.39, 0.29) is 36.5 Å². The Balaban J connectivity index is 1.51. The van der Waals surface area contributed by atoms with E-state index < -0.39 is 11.1 Å². The van der Waals surface area contributed by atoms with Crippen molar-refractivity contribution in [2.24, 2.45) is 0 Å². The van der Waals surface area contributed by atoms with Crippen LogP contribution >= 0.6 is 11.8 Å². The summed E-state index contributed by atoms with van der Waals surface area (Å²) in [4.78, 5) is 32.7. The Labute approximate surface area is 245 Å². The van der Waals surface area contributed by atoms with Crippen LogP contribution in [0.15, 0.2) is 103 Å². The highest BCUT2D eigenvalue weighted by molar-refractivity contribution is 8.00. The summed E-state index contributed by atoms with van der Waals surface area (Å²) in [7, 11) is 0. The van der Waals surface area contributed by atoms with E-state index in [0.717, 1.165) is 11.1 Å². The first-order chi connectivity index (χ1) is 20.5. The number of hydrogen-bond donors (Lipinski definition) is 1. The number of anilines is 1. The van der Waals surface area contributed by atoms with Crippen LogP contribution in [0.3, 0.4) is 0 Å². The van der Waals surface area contributed by atoms with Gasteiger partial charge in [-0.3, -0.25) is 19.5 Å². The van der Waals surface area contributed by atoms with Gasteiger partial charge in [0, 0.05) is 17.3 Å². The number of carbonyl (C=O) groups excluding carboxylic acids is 2. The number of benzene rings is 3. The van der Waals surface area contributed by atoms with Gasteiger partial charge in [0.15, 0.2) is 0 Å². The summed E-state index contributed by atoms with van der Waals surface area (Å²) >= 11 is 1.39. The average Bonchev–Trinajstić information content (AvgIpc) is 3.34. The second-order valence-corrected chi connectivity index (χ2v) is 10.8. The molecule has 2 aromatic heterocycles. The number of nitrogens with zero attached hydrogens (tertiary/aromatic N) is 4. The van der Waals surface area contributed by atoms with Crippen molar-refractivity contribution in [2.75, 3.05) is 17.2 Å². The second-order valence-electron chi connectivity index (χ2n) is 9.66. The predicted octanol–water partition coefficient (Wildman–Crippen LogP) is 5.70. The zero-order valence-corrected chi connectivity index (χ0v) is 23.1. The van der Waals surface area contributed by atoms with Crippen molar-refractivity contribution in [3.05, 3.63) is 132 Å². The van der Waals surface area contributed by atoms with E-state index in [4.69, 9.17) is 5.10 Å². The van der Waals surface area contributed by atoms with Crippen molar-refractivity contribution < 1.29 is 18.4 Å². The number of thioether (sulfide) groups is 1. The van der Waals surface area contributed by atoms with Crippen molar-refractivity contribution >= 4 is 29.4 Å². The maximum absolute atomic E-state index is 13.9. The standard InChI is InChI=1S/C32H25F2N5O2S/c33-23-11-9-22(10-12-23)31-29-30(21-6-2-1-3-7-21)37-39(26-15-13-24(34)14-16-26)32(29)38(28(41)20-42-31)19-27(40)36-18-25-8-4-5-17-35-25/h1-17,31H,18-20H2,(H,36,40)/t31-/m1/s1. The molecule has 2 amide bonds. The number of rotatable bonds is 7. The normalized spacial score (nSPS) is 14.8. The third kappa shape index (κ3) is 5.66. The number of hydrogen-bond acceptors (Lipinski definition) is 5. The van der Waals surface area contributed by atoms with E-state index in [1.54, 1.807) is 47.3 Å². The lowest BCUT2D eigenvalue weighted by Crippen LogP contribution is -2.42. The van der Waals surface area contributed by atoms with E-state index in [1.165, 1.54) is 40.9 Å². The smallest absolute Gasteiger partial charge is 0.240 e. The Kier molecular flexibility index (Phi) is 7.78. The molecule has 1 atom stereocenters. The lowest BCUT2D eigenvalue weighted by Gasteiger charge is -2.23. The molecule has 1 aliphatic rings. The Morgan fingerprint density at radius 1 is 0.905 bits per heavy atom. The molecule has 0 aliphatic carbocycles. The molecule has 0 fully saturated rings. The van der Waals surface area contributed by atoms with Crippen LogP contribution in [-0.2, 0) is 16.1 Å². The summed E-state index contributed by atoms with van der Waals surface area (Å²) in [5.74, 6) is -0.980. The predicted molar refractivity (Wildman–Crippen MR) is 158 cm³/mol. The van der Waals surface area contributed by atoms with Crippen LogP contribution < -0.4 is 10.2 Å². The maximum atomic E-state index is 13.9. The van der Waals surface area contributed by atoms with E-state index in [2.05, 4.69) is 10.3 Å². The van der Waals surface area contributed by atoms with Gasteiger partial charge in [0.1, 0.15) is 24.0 Å². The van der Waals surface area contributed by atoms with Crippen LogP contribution in [-0.4, -0.2) is 38.9 Å². The minimum absolute atomic E-state index is 0.0713. The number of amides is 2. The topological polar surface area (TPSA) is 80.1 Å². The molecule has 10 heteroatoms. The number of halogens is 2. The minimum Gasteiger partial charge on any atom is -0.349 e. The summed E-state index contributed by atoms with van der Waals surface area (Å²) in [5, 5.41) is 7.40. The van der Waals surface area contributed by atoms with Gasteiger partial charge in [-0.2, -0.15) is 5.10 Å². The molecule has 42 heavy (non-hydrogen) atoms. The van der Waals surface area contributed by atoms with Gasteiger partial charge in [-0.15, -0.1) is 11.8 Å². The van der Waals surface area contributed by atoms with Gasteiger partial charge in [-0.05, 0) is 54.1 Å². The lowest BCUT2D eigenvalue weighted by atomic mass is 9.99. The first-order valence-corrected chi connectivity index (χ1v) is 14.3. The molecule has 0 unspecified atom stereocenters. The van der Waals surface area contributed by atoms with Gasteiger partial charge < -0.3 is 5.32 Å². The largest absolute Gasteiger partial charge is 0.349 e. The summed E-state index contributed by atoms with van der Waals surface area (Å²) in [6.07, 6.45) is 1.64. The van der Waals surface area contributed by atoms with Crippen LogP contribution in [0.5, 0.6) is 0 Å². The van der Waals surface area contributed by atoms with Gasteiger partial charge >= 0.3 is 0 Å². The van der Waals surface area contributed by atoms with Crippen molar-refractivity contribution in [3.8, 4) is 16.9 Å². The average molecular weight is 582 g/mol. The fourth-order valence-electron chi connectivity index (χ4n) is 4.88. The summed E-state index contributed by atoms with van der Waals surface area (Å²) in [6.45, 7) is -0.0650. The Hall–Kier alpha value is -4.83. The quantitative estimate of drug-likeness (QED) is 0.267. The molecule has 0 radical (unpaired) electrons. The van der Waals surface area contributed by atoms with Crippen molar-refractivity contribution in [1.82, 2.24) is 20.1 Å². The molecular weight excluding hydrogens is 556 g/mol. The van der Waals surface area contributed by atoms with E-state index in [9.17, 15) is 18.4 Å². The van der Waals surface area contributed by atoms with E-state index >= 15 is 0 Å². The molecule has 1 aliphatic heterocycles. The number of carbonyl (C=O) groups is 2. The van der Waals surface area contributed by atoms with Gasteiger partial charge in [0.25, 0.3) is 0 Å². The number of nitrogens with one attached hydrogen (secondary N) is 1. The highest BCUT2D eigenvalue weighted by atomic mass is 32.2. The molecule has 7 nitrogen and oxygen atoms in total. The first kappa shape index (κ1) is 27.3. The van der Waals surface area contributed by atoms with Crippen molar-refractivity contribution in [1.29, 1.82) is 0 Å². The Morgan fingerprint density at radius 2 is 1.60 bits per heavy atom. The minimum atomic E-state index is -0.415. The van der Waals surface area contributed by atoms with Gasteiger partial charge in [-0.25, -0.2) is 13.5 Å². The van der Waals surface area contributed by atoms with Crippen LogP contribution in [0.25, 0.3) is 16.9 Å². The third-order valence-electron chi connectivity index (χ3n) is 6.87. The Bertz CT molecular complexity index is 1710. The molecule has 0 saturated heterocycles. The number of aromatic nitrogens is 3. The molecule has 6 rings (SSSR count). The molecule has 1 N–H and O–H groups in total. The monoisotopic (exact) mass is 581 g/mol. The fourth-order valence-corrected chi connectivity index (χ4v) is 6.08. The summed E-state index contributed by atoms with van der Waals surface area (Å²) < 4.78 is 29.5. The van der Waals surface area contributed by atoms with Gasteiger partial charge in [-0.1, -0.05) is 48.5 Å². The molecule has 5 aromatic rings. The number of fused-ring (bicyclic) bond motifs is 1. The third-order valence-corrected chi connectivity index (χ3v) is 8.13. The SMILES string of the molecule is O=C(CN1C(=O)CS[C@H](c2ccc(F)cc2)c2c(-c3ccccc3)nn(-c3ccc(F)cc3)c21)NCc1ccccn1. The molecule has 3 aromatic carbocycles. The first-order valence-electron chi connectivity index (χ1n) is 13.3. The fraction of sp³-hybridized carbons (Fsp3) is 0.125. The second kappa shape index (κ2) is 12.0. The lowest BCUT2D eigenvalue weighted by molar-refractivity contribution is -0.123. The van der Waals surface area contributed by atoms with Gasteiger partial charge in [0.05, 0.1) is 34.6 Å². The van der Waals surface area contributed by atoms with Crippen LogP contribution in [0.1, 0.15) is 22.1 Å². The Morgan fingerprint density at radius 3 is 2.29 bits per heavy atom. The molecule has 210 valence electrons. The maximum Gasteiger partial charge on any atom is 0.240 e. The highest BCUT2D eigenvalue weighted by Crippen LogP contribution is 2.48. The summed E-state index contributed by atoms with van der Waals surface area (Å²) in [6, 6.07) is 26.9. The van der Waals surface area contributed by atoms with E-state index in [1.807, 2.05) is 36.4 Å². The summed E-state index contributed by atoms with van der Waals surface area (Å²) in [5.41, 5.74) is 4.09. The zero-order chi connectivity index (χ0) is 29.1. The van der Waals surface area contributed by atoms with Crippen molar-refractivity contribution in [2.45, 2.75) is 11.8 Å². The highest BCUT2D eigenvalue weighted by Gasteiger charge is 2.37. The molecule has 3 heterocycles. The molecular formula is C32H25F2N5O2S.